The lowest BCUT2D eigenvalue weighted by molar-refractivity contribution is -0.123. The van der Waals surface area contributed by atoms with Crippen LogP contribution in [0.2, 0.25) is 0 Å². The molecule has 0 aromatic carbocycles. The van der Waals surface area contributed by atoms with Crippen molar-refractivity contribution in [2.24, 2.45) is 11.7 Å². The van der Waals surface area contributed by atoms with Crippen LogP contribution >= 0.6 is 0 Å². The van der Waals surface area contributed by atoms with E-state index in [1.54, 1.807) is 0 Å². The molecule has 21 heavy (non-hydrogen) atoms. The summed E-state index contributed by atoms with van der Waals surface area (Å²) in [6, 6.07) is -0.440. The van der Waals surface area contributed by atoms with E-state index in [1.807, 2.05) is 27.0 Å². The van der Waals surface area contributed by atoms with Crippen molar-refractivity contribution in [3.05, 3.63) is 28.6 Å². The van der Waals surface area contributed by atoms with Gasteiger partial charge in [0, 0.05) is 25.0 Å². The van der Waals surface area contributed by atoms with Crippen molar-refractivity contribution in [1.29, 1.82) is 0 Å². The molecule has 0 saturated heterocycles. The third kappa shape index (κ3) is 3.60. The number of nitrogens with zero attached hydrogens (tertiary/aromatic N) is 1. The van der Waals surface area contributed by atoms with Crippen LogP contribution in [0.1, 0.15) is 42.7 Å². The van der Waals surface area contributed by atoms with Gasteiger partial charge in [-0.25, -0.2) is 0 Å². The van der Waals surface area contributed by atoms with Crippen molar-refractivity contribution < 1.29 is 4.79 Å². The third-order valence-corrected chi connectivity index (χ3v) is 4.47. The van der Waals surface area contributed by atoms with Gasteiger partial charge in [-0.05, 0) is 42.5 Å². The molecular formula is C16H26N4O. The second-order valence-electron chi connectivity index (χ2n) is 5.88. The fourth-order valence-corrected chi connectivity index (χ4v) is 2.68. The fourth-order valence-electron chi connectivity index (χ4n) is 2.68. The number of fused-ring (bicyclic) bond motifs is 1. The molecule has 0 unspecified atom stereocenters. The monoisotopic (exact) mass is 290 g/mol. The molecule has 0 saturated carbocycles. The molecule has 0 spiro atoms. The standard InChI is InChI=1S/C16H26N4O/c1-4-10(2)15(17)16(21)20-9-14-11(3)19-8-12-7-18-6-5-13(12)14/h8,10,15,18H,4-7,9,17H2,1-3H3,(H,20,21)/t10-,15-/m0/s1. The lowest BCUT2D eigenvalue weighted by atomic mass is 9.95. The van der Waals surface area contributed by atoms with Crippen LogP contribution in [0.4, 0.5) is 0 Å². The Labute approximate surface area is 126 Å². The van der Waals surface area contributed by atoms with Gasteiger partial charge in [-0.2, -0.15) is 0 Å². The first kappa shape index (κ1) is 15.9. The van der Waals surface area contributed by atoms with Crippen LogP contribution in [0, 0.1) is 12.8 Å². The predicted octanol–water partition coefficient (Wildman–Crippen LogP) is 1.03. The lowest BCUT2D eigenvalue weighted by Crippen LogP contribution is -2.44. The second kappa shape index (κ2) is 7.00. The number of rotatable bonds is 5. The summed E-state index contributed by atoms with van der Waals surface area (Å²) < 4.78 is 0. The van der Waals surface area contributed by atoms with Gasteiger partial charge in [-0.15, -0.1) is 0 Å². The first-order valence-electron chi connectivity index (χ1n) is 7.74. The van der Waals surface area contributed by atoms with E-state index in [0.29, 0.717) is 6.54 Å². The van der Waals surface area contributed by atoms with Crippen molar-refractivity contribution in [1.82, 2.24) is 15.6 Å². The van der Waals surface area contributed by atoms with Crippen LogP contribution in [0.25, 0.3) is 0 Å². The largest absolute Gasteiger partial charge is 0.351 e. The van der Waals surface area contributed by atoms with E-state index in [2.05, 4.69) is 15.6 Å². The van der Waals surface area contributed by atoms with Crippen LogP contribution in [0.15, 0.2) is 6.20 Å². The molecule has 0 bridgehead atoms. The Kier molecular flexibility index (Phi) is 5.31. The molecule has 0 radical (unpaired) electrons. The number of carbonyl (C=O) groups is 1. The zero-order chi connectivity index (χ0) is 15.4. The van der Waals surface area contributed by atoms with E-state index in [9.17, 15) is 4.79 Å². The Hall–Kier alpha value is -1.46. The number of aromatic nitrogens is 1. The normalized spacial score (nSPS) is 17.0. The van der Waals surface area contributed by atoms with Crippen molar-refractivity contribution >= 4 is 5.91 Å². The zero-order valence-electron chi connectivity index (χ0n) is 13.2. The van der Waals surface area contributed by atoms with Crippen LogP contribution in [0.5, 0.6) is 0 Å². The van der Waals surface area contributed by atoms with Crippen molar-refractivity contribution in [2.75, 3.05) is 6.54 Å². The highest BCUT2D eigenvalue weighted by atomic mass is 16.2. The second-order valence-corrected chi connectivity index (χ2v) is 5.88. The number of hydrogen-bond donors (Lipinski definition) is 3. The summed E-state index contributed by atoms with van der Waals surface area (Å²) in [5, 5.41) is 6.33. The highest BCUT2D eigenvalue weighted by Gasteiger charge is 2.21. The van der Waals surface area contributed by atoms with Crippen LogP contribution in [-0.4, -0.2) is 23.5 Å². The summed E-state index contributed by atoms with van der Waals surface area (Å²) >= 11 is 0. The predicted molar refractivity (Wildman–Crippen MR) is 83.7 cm³/mol. The van der Waals surface area contributed by atoms with E-state index < -0.39 is 6.04 Å². The Bertz CT molecular complexity index is 515. The highest BCUT2D eigenvalue weighted by molar-refractivity contribution is 5.81. The molecule has 1 aromatic rings. The topological polar surface area (TPSA) is 80.0 Å². The Balaban J connectivity index is 2.08. The maximum atomic E-state index is 12.1. The number of hydrogen-bond acceptors (Lipinski definition) is 4. The fraction of sp³-hybridized carbons (Fsp3) is 0.625. The summed E-state index contributed by atoms with van der Waals surface area (Å²) in [4.78, 5) is 16.6. The van der Waals surface area contributed by atoms with Gasteiger partial charge in [0.1, 0.15) is 0 Å². The number of nitrogens with two attached hydrogens (primary N) is 1. The Morgan fingerprint density at radius 3 is 3.05 bits per heavy atom. The summed E-state index contributed by atoms with van der Waals surface area (Å²) in [5.41, 5.74) is 10.7. The molecule has 1 aliphatic rings. The average Bonchev–Trinajstić information content (AvgIpc) is 2.52. The molecule has 2 rings (SSSR count). The van der Waals surface area contributed by atoms with Gasteiger partial charge < -0.3 is 16.4 Å². The number of carbonyl (C=O) groups excluding carboxylic acids is 1. The summed E-state index contributed by atoms with van der Waals surface area (Å²) in [6.07, 6.45) is 3.83. The van der Waals surface area contributed by atoms with E-state index in [1.165, 1.54) is 11.1 Å². The number of nitrogens with one attached hydrogen (secondary N) is 2. The molecule has 5 nitrogen and oxygen atoms in total. The van der Waals surface area contributed by atoms with Crippen LogP contribution in [-0.2, 0) is 24.3 Å². The van der Waals surface area contributed by atoms with Crippen molar-refractivity contribution in [3.63, 3.8) is 0 Å². The van der Waals surface area contributed by atoms with Gasteiger partial charge >= 0.3 is 0 Å². The van der Waals surface area contributed by atoms with E-state index in [-0.39, 0.29) is 11.8 Å². The first-order chi connectivity index (χ1) is 10.0. The molecule has 116 valence electrons. The third-order valence-electron chi connectivity index (χ3n) is 4.47. The van der Waals surface area contributed by atoms with Crippen molar-refractivity contribution in [3.8, 4) is 0 Å². The summed E-state index contributed by atoms with van der Waals surface area (Å²) in [6.45, 7) is 8.41. The number of aryl methyl sites for hydroxylation is 1. The molecule has 0 aliphatic carbocycles. The Morgan fingerprint density at radius 2 is 2.33 bits per heavy atom. The molecule has 0 fully saturated rings. The minimum absolute atomic E-state index is 0.0738. The molecule has 5 heteroatoms. The van der Waals surface area contributed by atoms with E-state index in [0.717, 1.165) is 37.2 Å². The Morgan fingerprint density at radius 1 is 1.57 bits per heavy atom. The smallest absolute Gasteiger partial charge is 0.237 e. The van der Waals surface area contributed by atoms with Gasteiger partial charge in [-0.3, -0.25) is 9.78 Å². The highest BCUT2D eigenvalue weighted by Crippen LogP contribution is 2.20. The molecule has 1 aliphatic heterocycles. The van der Waals surface area contributed by atoms with Gasteiger partial charge in [0.05, 0.1) is 6.04 Å². The van der Waals surface area contributed by atoms with Gasteiger partial charge in [0.15, 0.2) is 0 Å². The number of pyridine rings is 1. The first-order valence-corrected chi connectivity index (χ1v) is 7.74. The maximum Gasteiger partial charge on any atom is 0.237 e. The molecule has 1 aromatic heterocycles. The zero-order valence-corrected chi connectivity index (χ0v) is 13.2. The molecule has 2 atom stereocenters. The molecule has 2 heterocycles. The van der Waals surface area contributed by atoms with Crippen LogP contribution < -0.4 is 16.4 Å². The van der Waals surface area contributed by atoms with E-state index in [4.69, 9.17) is 5.73 Å². The number of amides is 1. The average molecular weight is 290 g/mol. The van der Waals surface area contributed by atoms with Gasteiger partial charge in [0.25, 0.3) is 0 Å². The molecular weight excluding hydrogens is 264 g/mol. The van der Waals surface area contributed by atoms with Gasteiger partial charge in [-0.1, -0.05) is 20.3 Å². The minimum atomic E-state index is -0.440. The van der Waals surface area contributed by atoms with Gasteiger partial charge in [0.2, 0.25) is 5.91 Å². The molecule has 1 amide bonds. The van der Waals surface area contributed by atoms with E-state index >= 15 is 0 Å². The summed E-state index contributed by atoms with van der Waals surface area (Å²) in [5.74, 6) is 0.119. The van der Waals surface area contributed by atoms with Crippen molar-refractivity contribution in [2.45, 2.75) is 52.7 Å². The summed E-state index contributed by atoms with van der Waals surface area (Å²) in [7, 11) is 0. The molecule has 4 N–H and O–H groups in total. The van der Waals surface area contributed by atoms with Crippen LogP contribution in [0.3, 0.4) is 0 Å². The minimum Gasteiger partial charge on any atom is -0.351 e. The quantitative estimate of drug-likeness (QED) is 0.756. The lowest BCUT2D eigenvalue weighted by Gasteiger charge is -2.23. The maximum absolute atomic E-state index is 12.1. The SMILES string of the molecule is CC[C@H](C)[C@H](N)C(=O)NCc1c(C)ncc2c1CCNC2.